The van der Waals surface area contributed by atoms with E-state index in [0.29, 0.717) is 5.02 Å². The molecule has 0 spiro atoms. The standard InChI is InChI=1S/C13H15ClN2O/c14-9-3-1-2-8(6-9)13-16-11-5-4-10(15)7-12(11)17-13/h1-3,6,10-12H,4-5,7,15H2. The smallest absolute Gasteiger partial charge is 0.216 e. The maximum atomic E-state index is 5.97. The van der Waals surface area contributed by atoms with Crippen molar-refractivity contribution in [1.82, 2.24) is 0 Å². The first-order valence-corrected chi connectivity index (χ1v) is 6.36. The average Bonchev–Trinajstić information content (AvgIpc) is 2.72. The molecule has 0 amide bonds. The van der Waals surface area contributed by atoms with Gasteiger partial charge in [-0.1, -0.05) is 17.7 Å². The maximum absolute atomic E-state index is 5.97. The molecule has 3 rings (SSSR count). The van der Waals surface area contributed by atoms with Gasteiger partial charge in [0.05, 0.1) is 6.04 Å². The number of aliphatic imine (C=N–C) groups is 1. The lowest BCUT2D eigenvalue weighted by molar-refractivity contribution is 0.142. The molecule has 3 nitrogen and oxygen atoms in total. The molecule has 1 aromatic carbocycles. The second-order valence-electron chi connectivity index (χ2n) is 4.74. The van der Waals surface area contributed by atoms with E-state index in [2.05, 4.69) is 4.99 Å². The first kappa shape index (κ1) is 11.1. The summed E-state index contributed by atoms with van der Waals surface area (Å²) in [5, 5.41) is 0.709. The maximum Gasteiger partial charge on any atom is 0.216 e. The Kier molecular flexibility index (Phi) is 2.81. The fraction of sp³-hybridized carbons (Fsp3) is 0.462. The Labute approximate surface area is 106 Å². The van der Waals surface area contributed by atoms with Crippen LogP contribution in [0.1, 0.15) is 24.8 Å². The van der Waals surface area contributed by atoms with Gasteiger partial charge in [-0.2, -0.15) is 0 Å². The zero-order chi connectivity index (χ0) is 11.8. The highest BCUT2D eigenvalue weighted by molar-refractivity contribution is 6.30. The predicted molar refractivity (Wildman–Crippen MR) is 68.5 cm³/mol. The summed E-state index contributed by atoms with van der Waals surface area (Å²) in [5.74, 6) is 0.719. The summed E-state index contributed by atoms with van der Waals surface area (Å²) < 4.78 is 5.89. The Morgan fingerprint density at radius 3 is 3.06 bits per heavy atom. The van der Waals surface area contributed by atoms with Crippen LogP contribution in [-0.2, 0) is 4.74 Å². The lowest BCUT2D eigenvalue weighted by Gasteiger charge is -2.26. The zero-order valence-electron chi connectivity index (χ0n) is 9.47. The van der Waals surface area contributed by atoms with Crippen LogP contribution in [-0.4, -0.2) is 24.1 Å². The molecule has 0 saturated heterocycles. The van der Waals surface area contributed by atoms with Gasteiger partial charge in [0.1, 0.15) is 6.10 Å². The van der Waals surface area contributed by atoms with Gasteiger partial charge in [-0.05, 0) is 31.0 Å². The summed E-state index contributed by atoms with van der Waals surface area (Å²) in [6.45, 7) is 0. The van der Waals surface area contributed by atoms with E-state index in [1.807, 2.05) is 24.3 Å². The van der Waals surface area contributed by atoms with Crippen LogP contribution < -0.4 is 5.73 Å². The lowest BCUT2D eigenvalue weighted by atomic mass is 9.90. The Hall–Kier alpha value is -1.06. The number of nitrogens with two attached hydrogens (primary N) is 1. The van der Waals surface area contributed by atoms with E-state index in [-0.39, 0.29) is 18.2 Å². The molecule has 4 heteroatoms. The summed E-state index contributed by atoms with van der Waals surface area (Å²) >= 11 is 5.97. The number of rotatable bonds is 1. The van der Waals surface area contributed by atoms with E-state index in [0.717, 1.165) is 30.7 Å². The number of hydrogen-bond acceptors (Lipinski definition) is 3. The summed E-state index contributed by atoms with van der Waals surface area (Å²) in [7, 11) is 0. The largest absolute Gasteiger partial charge is 0.472 e. The van der Waals surface area contributed by atoms with Crippen molar-refractivity contribution >= 4 is 17.5 Å². The van der Waals surface area contributed by atoms with Crippen molar-refractivity contribution in [2.45, 2.75) is 37.5 Å². The fourth-order valence-electron chi connectivity index (χ4n) is 2.51. The minimum Gasteiger partial charge on any atom is -0.472 e. The minimum absolute atomic E-state index is 0.160. The van der Waals surface area contributed by atoms with Crippen LogP contribution in [0.5, 0.6) is 0 Å². The molecular formula is C13H15ClN2O. The quantitative estimate of drug-likeness (QED) is 0.832. The molecule has 1 aliphatic heterocycles. The molecule has 2 aliphatic rings. The third kappa shape index (κ3) is 2.17. The Balaban J connectivity index is 1.82. The van der Waals surface area contributed by atoms with E-state index in [1.54, 1.807) is 0 Å². The first-order valence-electron chi connectivity index (χ1n) is 5.98. The number of benzene rings is 1. The average molecular weight is 251 g/mol. The number of hydrogen-bond donors (Lipinski definition) is 1. The molecule has 0 aromatic heterocycles. The van der Waals surface area contributed by atoms with E-state index < -0.39 is 0 Å². The van der Waals surface area contributed by atoms with Gasteiger partial charge in [0.2, 0.25) is 5.90 Å². The molecule has 0 radical (unpaired) electrons. The molecule has 17 heavy (non-hydrogen) atoms. The highest BCUT2D eigenvalue weighted by Gasteiger charge is 2.36. The minimum atomic E-state index is 0.160. The van der Waals surface area contributed by atoms with Crippen LogP contribution in [0, 0.1) is 0 Å². The third-order valence-electron chi connectivity index (χ3n) is 3.42. The number of ether oxygens (including phenoxy) is 1. The van der Waals surface area contributed by atoms with Crippen LogP contribution in [0.2, 0.25) is 5.02 Å². The molecule has 1 fully saturated rings. The summed E-state index contributed by atoms with van der Waals surface area (Å²) in [6.07, 6.45) is 3.12. The predicted octanol–water partition coefficient (Wildman–Crippen LogP) is 2.37. The molecule has 3 atom stereocenters. The van der Waals surface area contributed by atoms with Gasteiger partial charge in [0, 0.05) is 23.0 Å². The first-order chi connectivity index (χ1) is 8.22. The second kappa shape index (κ2) is 4.31. The molecule has 1 heterocycles. The topological polar surface area (TPSA) is 47.6 Å². The highest BCUT2D eigenvalue weighted by Crippen LogP contribution is 2.30. The van der Waals surface area contributed by atoms with Gasteiger partial charge in [0.25, 0.3) is 0 Å². The molecular weight excluding hydrogens is 236 g/mol. The normalized spacial score (nSPS) is 31.6. The lowest BCUT2D eigenvalue weighted by Crippen LogP contribution is -2.37. The molecule has 3 unspecified atom stereocenters. The molecule has 1 saturated carbocycles. The highest BCUT2D eigenvalue weighted by atomic mass is 35.5. The summed E-state index contributed by atoms with van der Waals surface area (Å²) in [6, 6.07) is 8.16. The Morgan fingerprint density at radius 1 is 1.35 bits per heavy atom. The number of halogens is 1. The Morgan fingerprint density at radius 2 is 2.24 bits per heavy atom. The number of nitrogens with zero attached hydrogens (tertiary/aromatic N) is 1. The van der Waals surface area contributed by atoms with Crippen molar-refractivity contribution in [2.75, 3.05) is 0 Å². The van der Waals surface area contributed by atoms with Crippen LogP contribution in [0.25, 0.3) is 0 Å². The van der Waals surface area contributed by atoms with Crippen molar-refractivity contribution in [1.29, 1.82) is 0 Å². The van der Waals surface area contributed by atoms with E-state index in [9.17, 15) is 0 Å². The molecule has 2 N–H and O–H groups in total. The van der Waals surface area contributed by atoms with Crippen molar-refractivity contribution in [3.8, 4) is 0 Å². The molecule has 1 aromatic rings. The molecule has 1 aliphatic carbocycles. The van der Waals surface area contributed by atoms with E-state index in [1.165, 1.54) is 0 Å². The SMILES string of the molecule is NC1CCC2N=C(c3cccc(Cl)c3)OC2C1. The molecule has 90 valence electrons. The van der Waals surface area contributed by atoms with Gasteiger partial charge in [-0.3, -0.25) is 0 Å². The monoisotopic (exact) mass is 250 g/mol. The van der Waals surface area contributed by atoms with Crippen LogP contribution in [0.4, 0.5) is 0 Å². The third-order valence-corrected chi connectivity index (χ3v) is 3.65. The second-order valence-corrected chi connectivity index (χ2v) is 5.18. The van der Waals surface area contributed by atoms with Crippen LogP contribution >= 0.6 is 11.6 Å². The molecule has 0 bridgehead atoms. The van der Waals surface area contributed by atoms with Crippen LogP contribution in [0.3, 0.4) is 0 Å². The van der Waals surface area contributed by atoms with Crippen LogP contribution in [0.15, 0.2) is 29.3 Å². The zero-order valence-corrected chi connectivity index (χ0v) is 10.2. The number of fused-ring (bicyclic) bond motifs is 1. The van der Waals surface area contributed by atoms with Crippen molar-refractivity contribution < 1.29 is 4.74 Å². The summed E-state index contributed by atoms with van der Waals surface area (Å²) in [4.78, 5) is 4.64. The van der Waals surface area contributed by atoms with E-state index >= 15 is 0 Å². The van der Waals surface area contributed by atoms with Gasteiger partial charge in [-0.25, -0.2) is 4.99 Å². The van der Waals surface area contributed by atoms with E-state index in [4.69, 9.17) is 22.1 Å². The Bertz CT molecular complexity index is 460. The van der Waals surface area contributed by atoms with Gasteiger partial charge in [-0.15, -0.1) is 0 Å². The van der Waals surface area contributed by atoms with Crippen molar-refractivity contribution in [3.05, 3.63) is 34.9 Å². The van der Waals surface area contributed by atoms with Gasteiger partial charge >= 0.3 is 0 Å². The summed E-state index contributed by atoms with van der Waals surface area (Å²) in [5.41, 5.74) is 6.91. The van der Waals surface area contributed by atoms with Gasteiger partial charge < -0.3 is 10.5 Å². The van der Waals surface area contributed by atoms with Gasteiger partial charge in [0.15, 0.2) is 0 Å². The fourth-order valence-corrected chi connectivity index (χ4v) is 2.70. The van der Waals surface area contributed by atoms with Crippen molar-refractivity contribution in [2.24, 2.45) is 10.7 Å². The van der Waals surface area contributed by atoms with Crippen molar-refractivity contribution in [3.63, 3.8) is 0 Å².